The summed E-state index contributed by atoms with van der Waals surface area (Å²) in [4.78, 5) is 4.76. The first-order valence-electron chi connectivity index (χ1n) is 9.90. The highest BCUT2D eigenvalue weighted by molar-refractivity contribution is 5.94. The van der Waals surface area contributed by atoms with Crippen LogP contribution in [0.25, 0.3) is 23.1 Å². The van der Waals surface area contributed by atoms with Gasteiger partial charge < -0.3 is 9.47 Å². The van der Waals surface area contributed by atoms with Gasteiger partial charge in [0.1, 0.15) is 11.5 Å². The molecule has 4 aromatic rings. The Labute approximate surface area is 181 Å². The van der Waals surface area contributed by atoms with Crippen molar-refractivity contribution in [3.05, 3.63) is 95.7 Å². The first-order chi connectivity index (χ1) is 15.2. The van der Waals surface area contributed by atoms with E-state index in [4.69, 9.17) is 14.5 Å². The number of rotatable bonds is 7. The van der Waals surface area contributed by atoms with Gasteiger partial charge in [-0.2, -0.15) is 5.10 Å². The second kappa shape index (κ2) is 9.59. The number of methoxy groups -OCH3 is 2. The highest BCUT2D eigenvalue weighted by Gasteiger charge is 2.06. The fraction of sp³-hybridized carbons (Fsp3) is 0.0769. The zero-order valence-corrected chi connectivity index (χ0v) is 17.4. The van der Waals surface area contributed by atoms with Gasteiger partial charge in [-0.1, -0.05) is 36.4 Å². The minimum atomic E-state index is 0.768. The SMILES string of the molecule is COc1ccc(/C=N\Nc2cc(/C=C/c3ccccc3)nc3ccc(OC)cc23)cc1. The average molecular weight is 409 g/mol. The number of anilines is 1. The van der Waals surface area contributed by atoms with Crippen molar-refractivity contribution in [2.45, 2.75) is 0 Å². The van der Waals surface area contributed by atoms with Crippen molar-refractivity contribution in [1.82, 2.24) is 4.98 Å². The molecule has 5 heteroatoms. The van der Waals surface area contributed by atoms with Crippen LogP contribution in [0, 0.1) is 0 Å². The Hall–Kier alpha value is -4.12. The lowest BCUT2D eigenvalue weighted by Crippen LogP contribution is -1.96. The molecular weight excluding hydrogens is 386 g/mol. The Balaban J connectivity index is 1.65. The second-order valence-electron chi connectivity index (χ2n) is 6.86. The van der Waals surface area contributed by atoms with Gasteiger partial charge in [-0.25, -0.2) is 4.98 Å². The van der Waals surface area contributed by atoms with Gasteiger partial charge in [0.25, 0.3) is 0 Å². The Bertz CT molecular complexity index is 1220. The molecule has 0 amide bonds. The Morgan fingerprint density at radius 1 is 0.774 bits per heavy atom. The molecule has 0 aliphatic heterocycles. The number of nitrogens with zero attached hydrogens (tertiary/aromatic N) is 2. The number of hydrazone groups is 1. The number of ether oxygens (including phenoxy) is 2. The second-order valence-corrected chi connectivity index (χ2v) is 6.86. The summed E-state index contributed by atoms with van der Waals surface area (Å²) < 4.78 is 10.6. The van der Waals surface area contributed by atoms with Gasteiger partial charge in [0.15, 0.2) is 0 Å². The highest BCUT2D eigenvalue weighted by atomic mass is 16.5. The lowest BCUT2D eigenvalue weighted by molar-refractivity contribution is 0.415. The summed E-state index contributed by atoms with van der Waals surface area (Å²) in [6.45, 7) is 0. The van der Waals surface area contributed by atoms with Crippen molar-refractivity contribution >= 4 is 35.0 Å². The smallest absolute Gasteiger partial charge is 0.119 e. The lowest BCUT2D eigenvalue weighted by Gasteiger charge is -2.09. The lowest BCUT2D eigenvalue weighted by atomic mass is 10.1. The highest BCUT2D eigenvalue weighted by Crippen LogP contribution is 2.28. The molecule has 3 aromatic carbocycles. The van der Waals surface area contributed by atoms with E-state index in [1.165, 1.54) is 0 Å². The van der Waals surface area contributed by atoms with Crippen LogP contribution in [0.15, 0.2) is 84.0 Å². The largest absolute Gasteiger partial charge is 0.497 e. The van der Waals surface area contributed by atoms with E-state index < -0.39 is 0 Å². The summed E-state index contributed by atoms with van der Waals surface area (Å²) in [5.74, 6) is 1.58. The molecular formula is C26H23N3O2. The number of hydrogen-bond donors (Lipinski definition) is 1. The molecule has 154 valence electrons. The maximum atomic E-state index is 5.39. The third-order valence-corrected chi connectivity index (χ3v) is 4.80. The van der Waals surface area contributed by atoms with Crippen molar-refractivity contribution in [3.8, 4) is 11.5 Å². The molecule has 0 radical (unpaired) electrons. The van der Waals surface area contributed by atoms with Crippen LogP contribution in [0.5, 0.6) is 11.5 Å². The van der Waals surface area contributed by atoms with E-state index in [0.717, 1.165) is 44.9 Å². The van der Waals surface area contributed by atoms with Crippen molar-refractivity contribution in [3.63, 3.8) is 0 Å². The molecule has 0 unspecified atom stereocenters. The zero-order chi connectivity index (χ0) is 21.5. The Morgan fingerprint density at radius 2 is 1.52 bits per heavy atom. The van der Waals surface area contributed by atoms with E-state index in [1.54, 1.807) is 20.4 Å². The van der Waals surface area contributed by atoms with Crippen molar-refractivity contribution < 1.29 is 9.47 Å². The normalized spacial score (nSPS) is 11.3. The number of aromatic nitrogens is 1. The summed E-state index contributed by atoms with van der Waals surface area (Å²) >= 11 is 0. The predicted octanol–water partition coefficient (Wildman–Crippen LogP) is 5.87. The maximum Gasteiger partial charge on any atom is 0.119 e. The molecule has 0 fully saturated rings. The van der Waals surface area contributed by atoms with Crippen molar-refractivity contribution in [2.75, 3.05) is 19.6 Å². The molecule has 0 spiro atoms. The topological polar surface area (TPSA) is 55.7 Å². The molecule has 0 saturated carbocycles. The van der Waals surface area contributed by atoms with E-state index in [9.17, 15) is 0 Å². The molecule has 0 bridgehead atoms. The molecule has 0 aliphatic carbocycles. The fourth-order valence-electron chi connectivity index (χ4n) is 3.14. The van der Waals surface area contributed by atoms with Gasteiger partial charge in [0, 0.05) is 5.39 Å². The van der Waals surface area contributed by atoms with Gasteiger partial charge in [0.05, 0.1) is 37.3 Å². The Kier molecular flexibility index (Phi) is 6.24. The number of fused-ring (bicyclic) bond motifs is 1. The molecule has 0 saturated heterocycles. The average Bonchev–Trinajstić information content (AvgIpc) is 2.83. The molecule has 5 nitrogen and oxygen atoms in total. The third-order valence-electron chi connectivity index (χ3n) is 4.80. The van der Waals surface area contributed by atoms with Gasteiger partial charge in [-0.15, -0.1) is 0 Å². The molecule has 1 N–H and O–H groups in total. The summed E-state index contributed by atoms with van der Waals surface area (Å²) in [6.07, 6.45) is 5.81. The standard InChI is InChI=1S/C26H23N3O2/c1-30-22-12-9-20(10-13-22)18-27-29-26-16-21(11-8-19-6-4-3-5-7-19)28-25-15-14-23(31-2)17-24(25)26/h3-18H,1-2H3,(H,28,29)/b11-8+,27-18-. The first kappa shape index (κ1) is 20.2. The van der Waals surface area contributed by atoms with Crippen LogP contribution >= 0.6 is 0 Å². The first-order valence-corrected chi connectivity index (χ1v) is 9.90. The Morgan fingerprint density at radius 3 is 2.26 bits per heavy atom. The molecule has 0 aliphatic rings. The molecule has 1 aromatic heterocycles. The van der Waals surface area contributed by atoms with Crippen molar-refractivity contribution in [1.29, 1.82) is 0 Å². The molecule has 0 atom stereocenters. The van der Waals surface area contributed by atoms with E-state index >= 15 is 0 Å². The van der Waals surface area contributed by atoms with Crippen LogP contribution in [0.4, 0.5) is 5.69 Å². The number of hydrogen-bond acceptors (Lipinski definition) is 5. The quantitative estimate of drug-likeness (QED) is 0.306. The van der Waals surface area contributed by atoms with Crippen LogP contribution in [0.2, 0.25) is 0 Å². The van der Waals surface area contributed by atoms with Gasteiger partial charge >= 0.3 is 0 Å². The van der Waals surface area contributed by atoms with Gasteiger partial charge in [0.2, 0.25) is 0 Å². The summed E-state index contributed by atoms with van der Waals surface area (Å²) in [5.41, 5.74) is 7.79. The molecule has 31 heavy (non-hydrogen) atoms. The van der Waals surface area contributed by atoms with E-state index in [0.29, 0.717) is 0 Å². The van der Waals surface area contributed by atoms with E-state index in [-0.39, 0.29) is 0 Å². The number of nitrogens with one attached hydrogen (secondary N) is 1. The third kappa shape index (κ3) is 5.08. The van der Waals surface area contributed by atoms with Crippen LogP contribution in [-0.4, -0.2) is 25.4 Å². The van der Waals surface area contributed by atoms with Crippen LogP contribution in [0.1, 0.15) is 16.8 Å². The minimum absolute atomic E-state index is 0.768. The van der Waals surface area contributed by atoms with Crippen molar-refractivity contribution in [2.24, 2.45) is 5.10 Å². The summed E-state index contributed by atoms with van der Waals surface area (Å²) in [7, 11) is 3.30. The minimum Gasteiger partial charge on any atom is -0.497 e. The molecule has 4 rings (SSSR count). The predicted molar refractivity (Wildman–Crippen MR) is 128 cm³/mol. The van der Waals surface area contributed by atoms with E-state index in [1.807, 2.05) is 78.9 Å². The maximum absolute atomic E-state index is 5.39. The van der Waals surface area contributed by atoms with E-state index in [2.05, 4.69) is 22.7 Å². The van der Waals surface area contributed by atoms with Crippen LogP contribution in [-0.2, 0) is 0 Å². The van der Waals surface area contributed by atoms with Crippen LogP contribution in [0.3, 0.4) is 0 Å². The fourth-order valence-corrected chi connectivity index (χ4v) is 3.14. The zero-order valence-electron chi connectivity index (χ0n) is 17.4. The number of pyridine rings is 1. The van der Waals surface area contributed by atoms with Crippen LogP contribution < -0.4 is 14.9 Å². The summed E-state index contributed by atoms with van der Waals surface area (Å²) in [5, 5.41) is 5.36. The van der Waals surface area contributed by atoms with Gasteiger partial charge in [-0.3, -0.25) is 5.43 Å². The van der Waals surface area contributed by atoms with Gasteiger partial charge in [-0.05, 0) is 65.7 Å². The monoisotopic (exact) mass is 409 g/mol. The molecule has 1 heterocycles. The summed E-state index contributed by atoms with van der Waals surface area (Å²) in [6, 6.07) is 25.6. The number of benzene rings is 3.